The van der Waals surface area contributed by atoms with E-state index in [0.717, 1.165) is 34.8 Å². The van der Waals surface area contributed by atoms with Crippen LogP contribution in [-0.4, -0.2) is 31.8 Å². The summed E-state index contributed by atoms with van der Waals surface area (Å²) in [6, 6.07) is 8.51. The van der Waals surface area contributed by atoms with E-state index in [1.807, 2.05) is 6.92 Å². The number of sulfonamides is 1. The number of nitrogens with one attached hydrogen (secondary N) is 1. The van der Waals surface area contributed by atoms with Gasteiger partial charge in [0.15, 0.2) is 0 Å². The summed E-state index contributed by atoms with van der Waals surface area (Å²) in [6.07, 6.45) is 1.73. The zero-order valence-corrected chi connectivity index (χ0v) is 17.5. The number of rotatable bonds is 7. The molecule has 0 spiro atoms. The van der Waals surface area contributed by atoms with Crippen LogP contribution in [0.15, 0.2) is 41.3 Å². The minimum atomic E-state index is -4.26. The first-order chi connectivity index (χ1) is 13.6. The Morgan fingerprint density at radius 2 is 1.93 bits per heavy atom. The van der Waals surface area contributed by atoms with E-state index in [4.69, 9.17) is 11.6 Å². The smallest absolute Gasteiger partial charge is 0.289 e. The zero-order chi connectivity index (χ0) is 21.3. The maximum atomic E-state index is 13.4. The van der Waals surface area contributed by atoms with E-state index in [9.17, 15) is 23.3 Å². The monoisotopic (exact) mass is 437 g/mol. The zero-order valence-electron chi connectivity index (χ0n) is 15.9. The molecule has 2 aromatic rings. The number of anilines is 1. The predicted octanol–water partition coefficient (Wildman–Crippen LogP) is 3.34. The normalized spacial score (nSPS) is 13.8. The van der Waals surface area contributed by atoms with Crippen molar-refractivity contribution in [3.8, 4) is 0 Å². The maximum Gasteiger partial charge on any atom is 0.289 e. The molecule has 0 heterocycles. The van der Waals surface area contributed by atoms with Crippen molar-refractivity contribution in [3.63, 3.8) is 0 Å². The highest BCUT2D eigenvalue weighted by atomic mass is 35.5. The van der Waals surface area contributed by atoms with Gasteiger partial charge in [-0.25, -0.2) is 8.42 Å². The Hall–Kier alpha value is -2.65. The fraction of sp³-hybridized carbons (Fsp3) is 0.316. The van der Waals surface area contributed by atoms with Gasteiger partial charge in [0, 0.05) is 12.1 Å². The fourth-order valence-electron chi connectivity index (χ4n) is 2.94. The molecule has 0 bridgehead atoms. The summed E-state index contributed by atoms with van der Waals surface area (Å²) < 4.78 is 27.7. The van der Waals surface area contributed by atoms with Crippen LogP contribution in [0.4, 0.5) is 11.4 Å². The topological polar surface area (TPSA) is 110 Å². The van der Waals surface area contributed by atoms with Crippen LogP contribution < -0.4 is 9.62 Å². The Morgan fingerprint density at radius 1 is 1.24 bits per heavy atom. The highest BCUT2D eigenvalue weighted by Crippen LogP contribution is 2.32. The molecular formula is C19H20ClN3O5S. The average molecular weight is 438 g/mol. The summed E-state index contributed by atoms with van der Waals surface area (Å²) in [5, 5.41) is 13.8. The summed E-state index contributed by atoms with van der Waals surface area (Å²) in [7, 11) is -4.26. The highest BCUT2D eigenvalue weighted by Gasteiger charge is 2.32. The van der Waals surface area contributed by atoms with Gasteiger partial charge in [-0.15, -0.1) is 0 Å². The van der Waals surface area contributed by atoms with Crippen LogP contribution in [0.3, 0.4) is 0 Å². The lowest BCUT2D eigenvalue weighted by molar-refractivity contribution is -0.384. The van der Waals surface area contributed by atoms with E-state index in [2.05, 4.69) is 5.32 Å². The summed E-state index contributed by atoms with van der Waals surface area (Å²) in [4.78, 5) is 22.5. The van der Waals surface area contributed by atoms with Gasteiger partial charge in [-0.2, -0.15) is 0 Å². The molecule has 8 nitrogen and oxygen atoms in total. The number of carbonyl (C=O) groups excluding carboxylic acids is 1. The second-order valence-electron chi connectivity index (χ2n) is 7.01. The standard InChI is InChI=1S/C19H20ClN3O5S/c1-12-3-8-17(13(2)9-12)22(11-19(24)21-14-4-5-14)29(27,28)15-6-7-16(20)18(10-15)23(25)26/h3,6-10,14H,4-5,11H2,1-2H3,(H,21,24). The minimum Gasteiger partial charge on any atom is -0.352 e. The number of amides is 1. The lowest BCUT2D eigenvalue weighted by atomic mass is 10.1. The summed E-state index contributed by atoms with van der Waals surface area (Å²) >= 11 is 5.81. The van der Waals surface area contributed by atoms with E-state index >= 15 is 0 Å². The van der Waals surface area contributed by atoms with Gasteiger partial charge >= 0.3 is 0 Å². The largest absolute Gasteiger partial charge is 0.352 e. The molecule has 0 aliphatic heterocycles. The van der Waals surface area contributed by atoms with Gasteiger partial charge in [-0.1, -0.05) is 29.3 Å². The third kappa shape index (κ3) is 4.68. The molecule has 1 saturated carbocycles. The van der Waals surface area contributed by atoms with Crippen LogP contribution in [-0.2, 0) is 14.8 Å². The van der Waals surface area contributed by atoms with E-state index in [-0.39, 0.29) is 16.0 Å². The van der Waals surface area contributed by atoms with Gasteiger partial charge in [0.05, 0.1) is 15.5 Å². The second kappa shape index (κ2) is 8.00. The predicted molar refractivity (Wildman–Crippen MR) is 110 cm³/mol. The van der Waals surface area contributed by atoms with E-state index in [0.29, 0.717) is 11.3 Å². The number of nitro groups is 1. The lowest BCUT2D eigenvalue weighted by Gasteiger charge is -2.26. The Balaban J connectivity index is 2.07. The minimum absolute atomic E-state index is 0.0720. The quantitative estimate of drug-likeness (QED) is 0.527. The molecule has 10 heteroatoms. The first kappa shape index (κ1) is 21.1. The van der Waals surface area contributed by atoms with Crippen LogP contribution in [0.1, 0.15) is 24.0 Å². The molecule has 0 unspecified atom stereocenters. The van der Waals surface area contributed by atoms with Crippen molar-refractivity contribution in [2.75, 3.05) is 10.8 Å². The molecule has 154 valence electrons. The summed E-state index contributed by atoms with van der Waals surface area (Å²) in [5.74, 6) is -0.431. The van der Waals surface area contributed by atoms with Gasteiger partial charge in [0.1, 0.15) is 11.6 Å². The van der Waals surface area contributed by atoms with Crippen molar-refractivity contribution in [1.29, 1.82) is 0 Å². The van der Waals surface area contributed by atoms with Gasteiger partial charge in [0.25, 0.3) is 15.7 Å². The van der Waals surface area contributed by atoms with E-state index in [1.165, 1.54) is 6.07 Å². The number of nitrogens with zero attached hydrogens (tertiary/aromatic N) is 2. The lowest BCUT2D eigenvalue weighted by Crippen LogP contribution is -2.41. The number of hydrogen-bond donors (Lipinski definition) is 1. The van der Waals surface area contributed by atoms with Crippen LogP contribution in [0, 0.1) is 24.0 Å². The van der Waals surface area contributed by atoms with Gasteiger partial charge in [-0.05, 0) is 50.5 Å². The van der Waals surface area contributed by atoms with Crippen molar-refractivity contribution in [2.24, 2.45) is 0 Å². The Kier molecular flexibility index (Phi) is 5.81. The summed E-state index contributed by atoms with van der Waals surface area (Å²) in [5.41, 5.74) is 1.42. The molecule has 0 radical (unpaired) electrons. The molecule has 3 rings (SSSR count). The SMILES string of the molecule is Cc1ccc(N(CC(=O)NC2CC2)S(=O)(=O)c2ccc(Cl)c([N+](=O)[O-])c2)c(C)c1. The van der Waals surface area contributed by atoms with Crippen molar-refractivity contribution < 1.29 is 18.1 Å². The molecule has 0 aromatic heterocycles. The van der Waals surface area contributed by atoms with Crippen LogP contribution in [0.2, 0.25) is 5.02 Å². The van der Waals surface area contributed by atoms with Gasteiger partial charge in [-0.3, -0.25) is 19.2 Å². The van der Waals surface area contributed by atoms with Crippen LogP contribution in [0.25, 0.3) is 0 Å². The maximum absolute atomic E-state index is 13.4. The molecule has 1 fully saturated rings. The molecule has 1 N–H and O–H groups in total. The molecule has 0 saturated heterocycles. The van der Waals surface area contributed by atoms with Crippen molar-refractivity contribution in [3.05, 3.63) is 62.7 Å². The van der Waals surface area contributed by atoms with Crippen molar-refractivity contribution >= 4 is 38.9 Å². The Labute approximate surface area is 173 Å². The first-order valence-corrected chi connectivity index (χ1v) is 10.7. The molecular weight excluding hydrogens is 418 g/mol. The summed E-state index contributed by atoms with van der Waals surface area (Å²) in [6.45, 7) is 3.19. The molecule has 0 atom stereocenters. The van der Waals surface area contributed by atoms with Crippen molar-refractivity contribution in [2.45, 2.75) is 37.6 Å². The molecule has 2 aromatic carbocycles. The average Bonchev–Trinajstić information content (AvgIpc) is 3.44. The van der Waals surface area contributed by atoms with Crippen LogP contribution in [0.5, 0.6) is 0 Å². The Bertz CT molecular complexity index is 1080. The molecule has 1 amide bonds. The van der Waals surface area contributed by atoms with Gasteiger partial charge in [0.2, 0.25) is 5.91 Å². The van der Waals surface area contributed by atoms with Gasteiger partial charge < -0.3 is 5.32 Å². The third-order valence-corrected chi connectivity index (χ3v) is 6.63. The first-order valence-electron chi connectivity index (χ1n) is 8.93. The van der Waals surface area contributed by atoms with Crippen molar-refractivity contribution in [1.82, 2.24) is 5.32 Å². The fourth-order valence-corrected chi connectivity index (χ4v) is 4.63. The number of nitro benzene ring substituents is 1. The van der Waals surface area contributed by atoms with Crippen LogP contribution >= 0.6 is 11.6 Å². The van der Waals surface area contributed by atoms with E-state index < -0.39 is 33.1 Å². The molecule has 29 heavy (non-hydrogen) atoms. The number of aryl methyl sites for hydroxylation is 2. The third-order valence-electron chi connectivity index (χ3n) is 4.55. The number of carbonyl (C=O) groups is 1. The molecule has 1 aliphatic carbocycles. The number of benzene rings is 2. The highest BCUT2D eigenvalue weighted by molar-refractivity contribution is 7.92. The van der Waals surface area contributed by atoms with E-state index in [1.54, 1.807) is 25.1 Å². The number of halogens is 1. The number of hydrogen-bond acceptors (Lipinski definition) is 5. The second-order valence-corrected chi connectivity index (χ2v) is 9.28. The molecule has 1 aliphatic rings. The Morgan fingerprint density at radius 3 is 2.52 bits per heavy atom.